The number of fused-ring (bicyclic) bond motifs is 1. The maximum absolute atomic E-state index is 13.1. The third-order valence-electron chi connectivity index (χ3n) is 5.12. The lowest BCUT2D eigenvalue weighted by Crippen LogP contribution is -2.41. The van der Waals surface area contributed by atoms with E-state index in [2.05, 4.69) is 0 Å². The number of hydrogen-bond donors (Lipinski definition) is 0. The third-order valence-corrected chi connectivity index (χ3v) is 5.12. The number of carbonyl (C=O) groups excluding carboxylic acids is 3. The van der Waals surface area contributed by atoms with Gasteiger partial charge in [0.1, 0.15) is 11.6 Å². The summed E-state index contributed by atoms with van der Waals surface area (Å²) in [4.78, 5) is 51.3. The third kappa shape index (κ3) is 3.92. The van der Waals surface area contributed by atoms with E-state index in [0.29, 0.717) is 16.5 Å². The summed E-state index contributed by atoms with van der Waals surface area (Å²) in [5.74, 6) is -1.82. The highest BCUT2D eigenvalue weighted by Crippen LogP contribution is 2.33. The summed E-state index contributed by atoms with van der Waals surface area (Å²) in [6.45, 7) is 0. The molecule has 1 amide bonds. The number of anilines is 1. The molecule has 158 valence electrons. The van der Waals surface area contributed by atoms with Crippen LogP contribution >= 0.6 is 0 Å². The molecule has 0 radical (unpaired) electrons. The van der Waals surface area contributed by atoms with Gasteiger partial charge in [0.05, 0.1) is 12.8 Å². The quantitative estimate of drug-likeness (QED) is 0.461. The van der Waals surface area contributed by atoms with Crippen LogP contribution in [0.5, 0.6) is 0 Å². The molecule has 0 spiro atoms. The van der Waals surface area contributed by atoms with E-state index in [9.17, 15) is 19.2 Å². The van der Waals surface area contributed by atoms with Crippen molar-refractivity contribution in [1.82, 2.24) is 0 Å². The van der Waals surface area contributed by atoms with Crippen LogP contribution in [0.2, 0.25) is 0 Å². The molecular formula is C23H19NO7. The number of methoxy groups -OCH3 is 1. The van der Waals surface area contributed by atoms with Crippen molar-refractivity contribution < 1.29 is 28.3 Å². The van der Waals surface area contributed by atoms with Crippen molar-refractivity contribution >= 4 is 34.5 Å². The van der Waals surface area contributed by atoms with Crippen molar-refractivity contribution in [3.8, 4) is 0 Å². The Morgan fingerprint density at radius 1 is 1.06 bits per heavy atom. The number of amides is 1. The zero-order valence-corrected chi connectivity index (χ0v) is 16.6. The Labute approximate surface area is 177 Å². The van der Waals surface area contributed by atoms with Crippen LogP contribution in [0.25, 0.3) is 11.0 Å². The van der Waals surface area contributed by atoms with Crippen LogP contribution in [-0.4, -0.2) is 31.0 Å². The molecule has 31 heavy (non-hydrogen) atoms. The fraction of sp³-hybridized carbons (Fsp3) is 0.217. The highest BCUT2D eigenvalue weighted by atomic mass is 16.6. The molecule has 0 N–H and O–H groups in total. The molecule has 1 aromatic heterocycles. The van der Waals surface area contributed by atoms with E-state index in [1.807, 2.05) is 0 Å². The molecular weight excluding hydrogens is 402 g/mol. The zero-order valence-electron chi connectivity index (χ0n) is 16.6. The van der Waals surface area contributed by atoms with E-state index in [1.54, 1.807) is 54.6 Å². The van der Waals surface area contributed by atoms with Crippen LogP contribution < -0.4 is 10.5 Å². The summed E-state index contributed by atoms with van der Waals surface area (Å²) in [5, 5.41) is 0.516. The summed E-state index contributed by atoms with van der Waals surface area (Å²) in [5.41, 5.74) is 0.376. The average molecular weight is 421 g/mol. The zero-order chi connectivity index (χ0) is 22.0. The van der Waals surface area contributed by atoms with Crippen LogP contribution in [0, 0.1) is 0 Å². The summed E-state index contributed by atoms with van der Waals surface area (Å²) in [7, 11) is 1.20. The Kier molecular flexibility index (Phi) is 5.53. The van der Waals surface area contributed by atoms with Crippen LogP contribution in [0.4, 0.5) is 5.69 Å². The van der Waals surface area contributed by atoms with Gasteiger partial charge in [-0.3, -0.25) is 9.69 Å². The number of nitrogens with zero attached hydrogens (tertiary/aromatic N) is 1. The molecule has 3 aromatic rings. The first-order valence-corrected chi connectivity index (χ1v) is 9.68. The van der Waals surface area contributed by atoms with Crippen molar-refractivity contribution in [3.63, 3.8) is 0 Å². The van der Waals surface area contributed by atoms with Gasteiger partial charge in [0.2, 0.25) is 12.0 Å². The molecule has 4 rings (SSSR count). The molecule has 1 aliphatic heterocycles. The second-order valence-electron chi connectivity index (χ2n) is 7.02. The maximum Gasteiger partial charge on any atom is 0.351 e. The monoisotopic (exact) mass is 421 g/mol. The van der Waals surface area contributed by atoms with Gasteiger partial charge in [0.25, 0.3) is 0 Å². The molecule has 0 unspecified atom stereocenters. The van der Waals surface area contributed by atoms with E-state index in [1.165, 1.54) is 18.1 Å². The van der Waals surface area contributed by atoms with Crippen molar-refractivity contribution in [3.05, 3.63) is 76.6 Å². The van der Waals surface area contributed by atoms with E-state index < -0.39 is 29.7 Å². The SMILES string of the molecule is COC(=O)[C@H](OC(=O)[C@@H]1CCC(=O)N1c1cc(=O)oc2ccccc12)c1ccccc1. The van der Waals surface area contributed by atoms with Crippen molar-refractivity contribution in [2.24, 2.45) is 0 Å². The number of benzene rings is 2. The maximum atomic E-state index is 13.1. The predicted octanol–water partition coefficient (Wildman–Crippen LogP) is 2.75. The molecule has 0 aliphatic carbocycles. The number of ether oxygens (including phenoxy) is 2. The van der Waals surface area contributed by atoms with E-state index >= 15 is 0 Å². The number of para-hydroxylation sites is 1. The predicted molar refractivity (Wildman–Crippen MR) is 110 cm³/mol. The Hall–Kier alpha value is -3.94. The first-order chi connectivity index (χ1) is 15.0. The van der Waals surface area contributed by atoms with E-state index in [-0.39, 0.29) is 24.4 Å². The highest BCUT2D eigenvalue weighted by Gasteiger charge is 2.41. The molecule has 1 fully saturated rings. The molecule has 2 heterocycles. The first-order valence-electron chi connectivity index (χ1n) is 9.68. The lowest BCUT2D eigenvalue weighted by atomic mass is 10.1. The average Bonchev–Trinajstić information content (AvgIpc) is 3.18. The van der Waals surface area contributed by atoms with Crippen molar-refractivity contribution in [2.75, 3.05) is 12.0 Å². The fourth-order valence-electron chi connectivity index (χ4n) is 3.68. The summed E-state index contributed by atoms with van der Waals surface area (Å²) >= 11 is 0. The lowest BCUT2D eigenvalue weighted by Gasteiger charge is -2.26. The molecule has 8 heteroatoms. The van der Waals surface area contributed by atoms with Gasteiger partial charge in [-0.2, -0.15) is 0 Å². The lowest BCUT2D eigenvalue weighted by molar-refractivity contribution is -0.167. The summed E-state index contributed by atoms with van der Waals surface area (Å²) in [6.07, 6.45) is -0.980. The molecule has 1 aliphatic rings. The summed E-state index contributed by atoms with van der Waals surface area (Å²) in [6, 6.07) is 15.4. The Balaban J connectivity index is 1.69. The molecule has 1 saturated heterocycles. The standard InChI is InChI=1S/C23H19NO7/c1-29-23(28)21(14-7-3-2-4-8-14)31-22(27)16-11-12-19(25)24(16)17-13-20(26)30-18-10-6-5-9-15(17)18/h2-10,13,16,21H,11-12H2,1H3/t16-,21+/m0/s1. The molecule has 0 bridgehead atoms. The smallest absolute Gasteiger partial charge is 0.351 e. The Morgan fingerprint density at radius 2 is 1.77 bits per heavy atom. The van der Waals surface area contributed by atoms with Gasteiger partial charge >= 0.3 is 17.6 Å². The Morgan fingerprint density at radius 3 is 2.52 bits per heavy atom. The van der Waals surface area contributed by atoms with Crippen LogP contribution in [0.1, 0.15) is 24.5 Å². The largest absolute Gasteiger partial charge is 0.466 e. The molecule has 8 nitrogen and oxygen atoms in total. The van der Waals surface area contributed by atoms with E-state index in [0.717, 1.165) is 0 Å². The Bertz CT molecular complexity index is 1200. The normalized spacial score (nSPS) is 16.9. The van der Waals surface area contributed by atoms with Gasteiger partial charge in [-0.05, 0) is 18.6 Å². The molecule has 2 atom stereocenters. The van der Waals surface area contributed by atoms with Crippen molar-refractivity contribution in [1.29, 1.82) is 0 Å². The fourth-order valence-corrected chi connectivity index (χ4v) is 3.68. The minimum absolute atomic E-state index is 0.0998. The number of esters is 2. The van der Waals surface area contributed by atoms with Crippen molar-refractivity contribution in [2.45, 2.75) is 25.0 Å². The van der Waals surface area contributed by atoms with Gasteiger partial charge in [-0.15, -0.1) is 0 Å². The van der Waals surface area contributed by atoms with Gasteiger partial charge in [-0.25, -0.2) is 14.4 Å². The van der Waals surface area contributed by atoms with Gasteiger partial charge in [0.15, 0.2) is 0 Å². The first kappa shape index (κ1) is 20.3. The summed E-state index contributed by atoms with van der Waals surface area (Å²) < 4.78 is 15.5. The second-order valence-corrected chi connectivity index (χ2v) is 7.02. The minimum Gasteiger partial charge on any atom is -0.466 e. The second kappa shape index (κ2) is 8.43. The highest BCUT2D eigenvalue weighted by molar-refractivity contribution is 6.08. The van der Waals surface area contributed by atoms with Crippen LogP contribution in [0.15, 0.2) is 69.9 Å². The number of rotatable bonds is 5. The van der Waals surface area contributed by atoms with Crippen LogP contribution in [-0.2, 0) is 23.9 Å². The van der Waals surface area contributed by atoms with Gasteiger partial charge < -0.3 is 13.9 Å². The number of hydrogen-bond acceptors (Lipinski definition) is 7. The number of carbonyl (C=O) groups is 3. The van der Waals surface area contributed by atoms with E-state index in [4.69, 9.17) is 13.9 Å². The minimum atomic E-state index is -1.27. The molecule has 0 saturated carbocycles. The topological polar surface area (TPSA) is 103 Å². The van der Waals surface area contributed by atoms with Gasteiger partial charge in [0, 0.05) is 23.4 Å². The van der Waals surface area contributed by atoms with Gasteiger partial charge in [-0.1, -0.05) is 42.5 Å². The molecule has 2 aromatic carbocycles. The van der Waals surface area contributed by atoms with Crippen LogP contribution in [0.3, 0.4) is 0 Å².